The van der Waals surface area contributed by atoms with Crippen LogP contribution in [-0.4, -0.2) is 10.6 Å². The smallest absolute Gasteiger partial charge is 0.269 e. The molecular formula is C17H14N4O3. The SMILES string of the molecule is C/C(=N\Nc1ccc([N+](=O)[O-])cc1)c1cc2ccccc2oc1=N. The van der Waals surface area contributed by atoms with Crippen molar-refractivity contribution >= 4 is 28.1 Å². The molecule has 3 rings (SSSR count). The lowest BCUT2D eigenvalue weighted by atomic mass is 10.1. The standard InChI is InChI=1S/C17H14N4O3/c1-11(19-20-13-6-8-14(9-7-13)21(22)23)15-10-12-4-2-3-5-16(12)24-17(15)18/h2-10,18,20H,1H3/b18-17?,19-11+. The van der Waals surface area contributed by atoms with Crippen LogP contribution in [0.4, 0.5) is 11.4 Å². The molecule has 3 aromatic rings. The normalized spacial score (nSPS) is 11.5. The maximum absolute atomic E-state index is 10.6. The van der Waals surface area contributed by atoms with Crippen LogP contribution in [0.15, 0.2) is 64.1 Å². The second-order valence-electron chi connectivity index (χ2n) is 5.14. The average molecular weight is 322 g/mol. The Bertz CT molecular complexity index is 991. The van der Waals surface area contributed by atoms with E-state index in [1.807, 2.05) is 24.3 Å². The van der Waals surface area contributed by atoms with Crippen LogP contribution >= 0.6 is 0 Å². The van der Waals surface area contributed by atoms with Gasteiger partial charge in [-0.2, -0.15) is 5.10 Å². The number of nitrogens with one attached hydrogen (secondary N) is 2. The molecule has 0 aliphatic heterocycles. The summed E-state index contributed by atoms with van der Waals surface area (Å²) in [6.07, 6.45) is 0. The van der Waals surface area contributed by atoms with Crippen LogP contribution in [0.1, 0.15) is 12.5 Å². The number of hydrazone groups is 1. The monoisotopic (exact) mass is 322 g/mol. The number of nitro benzene ring substituents is 1. The van der Waals surface area contributed by atoms with Crippen LogP contribution in [0.5, 0.6) is 0 Å². The highest BCUT2D eigenvalue weighted by Gasteiger charge is 2.06. The highest BCUT2D eigenvalue weighted by molar-refractivity contribution is 6.00. The van der Waals surface area contributed by atoms with E-state index in [1.165, 1.54) is 12.1 Å². The fourth-order valence-corrected chi connectivity index (χ4v) is 2.21. The molecule has 0 saturated heterocycles. The molecule has 0 bridgehead atoms. The number of fused-ring (bicyclic) bond motifs is 1. The zero-order chi connectivity index (χ0) is 17.1. The van der Waals surface area contributed by atoms with Crippen molar-refractivity contribution in [1.29, 1.82) is 5.41 Å². The Balaban J connectivity index is 1.86. The molecule has 120 valence electrons. The van der Waals surface area contributed by atoms with Crippen molar-refractivity contribution in [2.75, 3.05) is 5.43 Å². The fourth-order valence-electron chi connectivity index (χ4n) is 2.21. The molecule has 0 unspecified atom stereocenters. The molecule has 0 saturated carbocycles. The van der Waals surface area contributed by atoms with Gasteiger partial charge in [-0.1, -0.05) is 18.2 Å². The molecule has 0 radical (unpaired) electrons. The first kappa shape index (κ1) is 15.4. The van der Waals surface area contributed by atoms with Gasteiger partial charge >= 0.3 is 0 Å². The summed E-state index contributed by atoms with van der Waals surface area (Å²) in [6, 6.07) is 15.2. The van der Waals surface area contributed by atoms with Crippen LogP contribution < -0.4 is 11.0 Å². The summed E-state index contributed by atoms with van der Waals surface area (Å²) in [4.78, 5) is 10.2. The van der Waals surface area contributed by atoms with E-state index in [9.17, 15) is 10.1 Å². The lowest BCUT2D eigenvalue weighted by Gasteiger charge is -2.05. The Morgan fingerprint density at radius 3 is 2.62 bits per heavy atom. The molecule has 7 nitrogen and oxygen atoms in total. The number of anilines is 1. The van der Waals surface area contributed by atoms with E-state index in [-0.39, 0.29) is 11.2 Å². The number of nitro groups is 1. The third-order valence-corrected chi connectivity index (χ3v) is 3.50. The summed E-state index contributed by atoms with van der Waals surface area (Å²) in [6.45, 7) is 1.76. The highest BCUT2D eigenvalue weighted by Crippen LogP contribution is 2.16. The maximum Gasteiger partial charge on any atom is 0.269 e. The van der Waals surface area contributed by atoms with E-state index in [2.05, 4.69) is 10.5 Å². The number of para-hydroxylation sites is 1. The van der Waals surface area contributed by atoms with Crippen LogP contribution in [0.2, 0.25) is 0 Å². The molecule has 0 aliphatic carbocycles. The summed E-state index contributed by atoms with van der Waals surface area (Å²) in [5.74, 6) is 0. The molecule has 24 heavy (non-hydrogen) atoms. The van der Waals surface area contributed by atoms with Gasteiger partial charge in [-0.15, -0.1) is 0 Å². The molecule has 0 spiro atoms. The summed E-state index contributed by atoms with van der Waals surface area (Å²) in [7, 11) is 0. The second-order valence-corrected chi connectivity index (χ2v) is 5.14. The van der Waals surface area contributed by atoms with Crippen molar-refractivity contribution in [3.63, 3.8) is 0 Å². The van der Waals surface area contributed by atoms with Gasteiger partial charge in [0.2, 0.25) is 5.55 Å². The Morgan fingerprint density at radius 1 is 1.21 bits per heavy atom. The van der Waals surface area contributed by atoms with E-state index in [0.717, 1.165) is 5.39 Å². The zero-order valence-electron chi connectivity index (χ0n) is 12.8. The van der Waals surface area contributed by atoms with Gasteiger partial charge in [0.25, 0.3) is 5.69 Å². The molecule has 0 amide bonds. The fraction of sp³-hybridized carbons (Fsp3) is 0.0588. The van der Waals surface area contributed by atoms with Crippen molar-refractivity contribution in [3.05, 3.63) is 75.8 Å². The minimum Gasteiger partial charge on any atom is -0.438 e. The molecule has 7 heteroatoms. The van der Waals surface area contributed by atoms with Gasteiger partial charge < -0.3 is 4.42 Å². The van der Waals surface area contributed by atoms with E-state index < -0.39 is 4.92 Å². The Labute approximate surface area is 136 Å². The molecule has 1 heterocycles. The van der Waals surface area contributed by atoms with Crippen LogP contribution in [0.25, 0.3) is 11.0 Å². The summed E-state index contributed by atoms with van der Waals surface area (Å²) >= 11 is 0. The van der Waals surface area contributed by atoms with Crippen molar-refractivity contribution in [2.45, 2.75) is 6.92 Å². The van der Waals surface area contributed by atoms with E-state index in [1.54, 1.807) is 25.1 Å². The van der Waals surface area contributed by atoms with Gasteiger partial charge in [-0.05, 0) is 31.2 Å². The minimum absolute atomic E-state index is 0.0167. The van der Waals surface area contributed by atoms with Crippen LogP contribution in [0.3, 0.4) is 0 Å². The minimum atomic E-state index is -0.457. The number of hydrogen-bond acceptors (Lipinski definition) is 6. The molecule has 0 fully saturated rings. The molecule has 2 N–H and O–H groups in total. The van der Waals surface area contributed by atoms with Gasteiger partial charge in [-0.3, -0.25) is 20.9 Å². The van der Waals surface area contributed by atoms with Gasteiger partial charge in [0.15, 0.2) is 0 Å². The number of nitrogens with zero attached hydrogens (tertiary/aromatic N) is 2. The largest absolute Gasteiger partial charge is 0.438 e. The van der Waals surface area contributed by atoms with Crippen molar-refractivity contribution in [3.8, 4) is 0 Å². The first-order valence-electron chi connectivity index (χ1n) is 7.17. The zero-order valence-corrected chi connectivity index (χ0v) is 12.8. The van der Waals surface area contributed by atoms with E-state index in [0.29, 0.717) is 22.5 Å². The molecule has 0 aliphatic rings. The topological polar surface area (TPSA) is 105 Å². The van der Waals surface area contributed by atoms with Gasteiger partial charge in [0.05, 0.1) is 21.9 Å². The van der Waals surface area contributed by atoms with Crippen molar-refractivity contribution in [1.82, 2.24) is 0 Å². The molecule has 1 aromatic heterocycles. The van der Waals surface area contributed by atoms with Gasteiger partial charge in [0, 0.05) is 17.5 Å². The van der Waals surface area contributed by atoms with Crippen molar-refractivity contribution < 1.29 is 9.34 Å². The second kappa shape index (κ2) is 6.33. The van der Waals surface area contributed by atoms with Crippen LogP contribution in [-0.2, 0) is 0 Å². The quantitative estimate of drug-likeness (QED) is 0.434. The average Bonchev–Trinajstić information content (AvgIpc) is 2.59. The van der Waals surface area contributed by atoms with Crippen molar-refractivity contribution in [2.24, 2.45) is 5.10 Å². The third-order valence-electron chi connectivity index (χ3n) is 3.50. The Hall–Kier alpha value is -3.48. The summed E-state index contributed by atoms with van der Waals surface area (Å²) in [5.41, 5.74) is 5.27. The van der Waals surface area contributed by atoms with Crippen LogP contribution in [0, 0.1) is 15.5 Å². The highest BCUT2D eigenvalue weighted by atomic mass is 16.6. The molecule has 0 atom stereocenters. The van der Waals surface area contributed by atoms with E-state index >= 15 is 0 Å². The maximum atomic E-state index is 10.6. The molecule has 2 aromatic carbocycles. The predicted molar refractivity (Wildman–Crippen MR) is 91.0 cm³/mol. The van der Waals surface area contributed by atoms with Gasteiger partial charge in [0.1, 0.15) is 5.58 Å². The number of hydrogen-bond donors (Lipinski definition) is 2. The van der Waals surface area contributed by atoms with E-state index in [4.69, 9.17) is 9.83 Å². The summed E-state index contributed by atoms with van der Waals surface area (Å²) < 4.78 is 5.49. The number of rotatable bonds is 4. The van der Waals surface area contributed by atoms with Gasteiger partial charge in [-0.25, -0.2) is 0 Å². The Morgan fingerprint density at radius 2 is 1.92 bits per heavy atom. The molecular weight excluding hydrogens is 308 g/mol. The Kier molecular flexibility index (Phi) is 4.07. The predicted octanol–water partition coefficient (Wildman–Crippen LogP) is 3.66. The first-order chi connectivity index (χ1) is 11.5. The first-order valence-corrected chi connectivity index (χ1v) is 7.17. The lowest BCUT2D eigenvalue weighted by molar-refractivity contribution is -0.384. The number of benzene rings is 2. The number of non-ortho nitro benzene ring substituents is 1. The summed E-state index contributed by atoms with van der Waals surface area (Å²) in [5, 5.41) is 23.7. The lowest BCUT2D eigenvalue weighted by Crippen LogP contribution is -2.13. The third kappa shape index (κ3) is 3.14.